The maximum absolute atomic E-state index is 12.4. The number of carbonyl (C=O) groups is 3. The lowest BCUT2D eigenvalue weighted by Gasteiger charge is -2.13. The molecule has 3 rings (SSSR count). The minimum atomic E-state index is -0.946. The van der Waals surface area contributed by atoms with Gasteiger partial charge >= 0.3 is 11.8 Å². The molecule has 0 heterocycles. The number of aryl methyl sites for hydroxylation is 1. The average molecular weight is 491 g/mol. The highest BCUT2D eigenvalue weighted by atomic mass is 16.5. The van der Waals surface area contributed by atoms with E-state index < -0.39 is 17.7 Å². The lowest BCUT2D eigenvalue weighted by atomic mass is 10.2. The van der Waals surface area contributed by atoms with Gasteiger partial charge in [-0.05, 0) is 55.0 Å². The highest BCUT2D eigenvalue weighted by molar-refractivity contribution is 6.39. The first-order valence-electron chi connectivity index (χ1n) is 10.8. The number of amides is 3. The zero-order chi connectivity index (χ0) is 25.9. The highest BCUT2D eigenvalue weighted by Crippen LogP contribution is 2.30. The Kier molecular flexibility index (Phi) is 8.99. The fraction of sp³-hybridized carbons (Fsp3) is 0.154. The molecule has 0 bridgehead atoms. The van der Waals surface area contributed by atoms with Gasteiger partial charge in [0.25, 0.3) is 5.91 Å². The number of methoxy groups -OCH3 is 2. The second-order valence-corrected chi connectivity index (χ2v) is 7.41. The molecule has 0 aliphatic heterocycles. The van der Waals surface area contributed by atoms with Gasteiger partial charge in [-0.1, -0.05) is 24.3 Å². The van der Waals surface area contributed by atoms with E-state index in [1.165, 1.54) is 13.3 Å². The van der Waals surface area contributed by atoms with Gasteiger partial charge in [0.15, 0.2) is 18.1 Å². The Labute approximate surface area is 208 Å². The molecule has 10 nitrogen and oxygen atoms in total. The first kappa shape index (κ1) is 25.8. The van der Waals surface area contributed by atoms with Crippen molar-refractivity contribution < 1.29 is 28.6 Å². The fourth-order valence-electron chi connectivity index (χ4n) is 3.06. The molecule has 10 heteroatoms. The number of nitrogens with one attached hydrogen (secondary N) is 3. The summed E-state index contributed by atoms with van der Waals surface area (Å²) in [7, 11) is 3.01. The third-order valence-corrected chi connectivity index (χ3v) is 4.92. The lowest BCUT2D eigenvalue weighted by Crippen LogP contribution is -2.32. The average Bonchev–Trinajstić information content (AvgIpc) is 2.89. The predicted molar refractivity (Wildman–Crippen MR) is 136 cm³/mol. The van der Waals surface area contributed by atoms with Gasteiger partial charge in [-0.3, -0.25) is 14.4 Å². The number of carbonyl (C=O) groups excluding carboxylic acids is 3. The Bertz CT molecular complexity index is 1260. The zero-order valence-electron chi connectivity index (χ0n) is 20.0. The molecule has 0 unspecified atom stereocenters. The van der Waals surface area contributed by atoms with Crippen LogP contribution in [0.15, 0.2) is 71.8 Å². The van der Waals surface area contributed by atoms with E-state index in [-0.39, 0.29) is 12.4 Å². The van der Waals surface area contributed by atoms with Crippen molar-refractivity contribution in [3.8, 4) is 17.2 Å². The van der Waals surface area contributed by atoms with E-state index in [0.29, 0.717) is 28.4 Å². The summed E-state index contributed by atoms with van der Waals surface area (Å²) >= 11 is 0. The molecule has 0 fully saturated rings. The topological polar surface area (TPSA) is 127 Å². The molecule has 0 aliphatic carbocycles. The van der Waals surface area contributed by atoms with Crippen LogP contribution in [-0.2, 0) is 14.4 Å². The number of hydrogen-bond donors (Lipinski definition) is 3. The summed E-state index contributed by atoms with van der Waals surface area (Å²) in [5.74, 6) is -0.929. The molecule has 0 saturated carbocycles. The standard InChI is InChI=1S/C26H26N4O6/c1-17-7-4-5-9-21(17)29-25(32)26(33)30-27-15-18-8-6-10-22(35-3)24(18)36-16-23(31)28-19-11-13-20(34-2)14-12-19/h4-15H,16H2,1-3H3,(H,28,31)(H,29,32)(H,30,33)/b27-15-. The van der Waals surface area contributed by atoms with Crippen LogP contribution in [0.5, 0.6) is 17.2 Å². The van der Waals surface area contributed by atoms with Crippen LogP contribution >= 0.6 is 0 Å². The van der Waals surface area contributed by atoms with Crippen molar-refractivity contribution in [2.45, 2.75) is 6.92 Å². The SMILES string of the molecule is COc1ccc(NC(=O)COc2c(/C=N\NC(=O)C(=O)Nc3ccccc3C)cccc2OC)cc1. The summed E-state index contributed by atoms with van der Waals surface area (Å²) in [5, 5.41) is 9.09. The summed E-state index contributed by atoms with van der Waals surface area (Å²) < 4.78 is 16.1. The van der Waals surface area contributed by atoms with Crippen molar-refractivity contribution in [3.05, 3.63) is 77.9 Å². The molecule has 186 valence electrons. The number of ether oxygens (including phenoxy) is 3. The molecule has 0 aromatic heterocycles. The van der Waals surface area contributed by atoms with Crippen LogP contribution in [0.3, 0.4) is 0 Å². The fourth-order valence-corrected chi connectivity index (χ4v) is 3.06. The monoisotopic (exact) mass is 490 g/mol. The highest BCUT2D eigenvalue weighted by Gasteiger charge is 2.15. The molecule has 0 spiro atoms. The molecular weight excluding hydrogens is 464 g/mol. The minimum absolute atomic E-state index is 0.243. The maximum Gasteiger partial charge on any atom is 0.329 e. The number of nitrogens with zero attached hydrogens (tertiary/aromatic N) is 1. The second-order valence-electron chi connectivity index (χ2n) is 7.41. The van der Waals surface area contributed by atoms with Crippen molar-refractivity contribution in [1.82, 2.24) is 5.43 Å². The van der Waals surface area contributed by atoms with Gasteiger partial charge in [-0.25, -0.2) is 5.43 Å². The van der Waals surface area contributed by atoms with Crippen molar-refractivity contribution in [3.63, 3.8) is 0 Å². The van der Waals surface area contributed by atoms with Gasteiger partial charge in [0.05, 0.1) is 20.4 Å². The van der Waals surface area contributed by atoms with Crippen LogP contribution in [0, 0.1) is 6.92 Å². The summed E-state index contributed by atoms with van der Waals surface area (Å²) in [4.78, 5) is 36.6. The van der Waals surface area contributed by atoms with E-state index in [2.05, 4.69) is 21.2 Å². The van der Waals surface area contributed by atoms with E-state index in [1.807, 2.05) is 19.1 Å². The van der Waals surface area contributed by atoms with Crippen LogP contribution in [-0.4, -0.2) is 44.8 Å². The molecule has 3 aromatic carbocycles. The predicted octanol–water partition coefficient (Wildman–Crippen LogP) is 3.12. The van der Waals surface area contributed by atoms with E-state index >= 15 is 0 Å². The molecule has 3 N–H and O–H groups in total. The lowest BCUT2D eigenvalue weighted by molar-refractivity contribution is -0.136. The van der Waals surface area contributed by atoms with Crippen molar-refractivity contribution in [2.24, 2.45) is 5.10 Å². The van der Waals surface area contributed by atoms with Crippen LogP contribution in [0.2, 0.25) is 0 Å². The Balaban J connectivity index is 1.61. The molecule has 36 heavy (non-hydrogen) atoms. The van der Waals surface area contributed by atoms with E-state index in [9.17, 15) is 14.4 Å². The van der Waals surface area contributed by atoms with Crippen LogP contribution in [0.4, 0.5) is 11.4 Å². The summed E-state index contributed by atoms with van der Waals surface area (Å²) in [6.45, 7) is 1.51. The molecule has 0 radical (unpaired) electrons. The molecule has 3 aromatic rings. The first-order chi connectivity index (χ1) is 17.4. The maximum atomic E-state index is 12.4. The third-order valence-electron chi connectivity index (χ3n) is 4.92. The minimum Gasteiger partial charge on any atom is -0.497 e. The van der Waals surface area contributed by atoms with Gasteiger partial charge in [-0.2, -0.15) is 5.10 Å². The molecule has 0 atom stereocenters. The Hall–Kier alpha value is -4.86. The van der Waals surface area contributed by atoms with Crippen molar-refractivity contribution in [2.75, 3.05) is 31.5 Å². The van der Waals surface area contributed by atoms with Crippen LogP contribution in [0.1, 0.15) is 11.1 Å². The van der Waals surface area contributed by atoms with Gasteiger partial charge in [0.1, 0.15) is 5.75 Å². The van der Waals surface area contributed by atoms with Crippen LogP contribution < -0.4 is 30.3 Å². The largest absolute Gasteiger partial charge is 0.497 e. The van der Waals surface area contributed by atoms with Gasteiger partial charge in [0.2, 0.25) is 0 Å². The number of hydrogen-bond acceptors (Lipinski definition) is 7. The zero-order valence-corrected chi connectivity index (χ0v) is 20.0. The van der Waals surface area contributed by atoms with Gasteiger partial charge in [0, 0.05) is 16.9 Å². The van der Waals surface area contributed by atoms with Gasteiger partial charge in [-0.15, -0.1) is 0 Å². The van der Waals surface area contributed by atoms with Crippen molar-refractivity contribution in [1.29, 1.82) is 0 Å². The summed E-state index contributed by atoms with van der Waals surface area (Å²) in [6, 6.07) is 18.9. The number of para-hydroxylation sites is 2. The second kappa shape index (κ2) is 12.6. The summed E-state index contributed by atoms with van der Waals surface area (Å²) in [5.41, 5.74) is 4.52. The number of hydrazone groups is 1. The summed E-state index contributed by atoms with van der Waals surface area (Å²) in [6.07, 6.45) is 1.29. The first-order valence-corrected chi connectivity index (χ1v) is 10.8. The third kappa shape index (κ3) is 7.07. The smallest absolute Gasteiger partial charge is 0.329 e. The number of anilines is 2. The van der Waals surface area contributed by atoms with E-state index in [0.717, 1.165) is 5.56 Å². The van der Waals surface area contributed by atoms with Crippen LogP contribution in [0.25, 0.3) is 0 Å². The van der Waals surface area contributed by atoms with Crippen molar-refractivity contribution >= 4 is 35.3 Å². The molecule has 0 aliphatic rings. The van der Waals surface area contributed by atoms with E-state index in [1.54, 1.807) is 61.7 Å². The molecule has 3 amide bonds. The quantitative estimate of drug-likeness (QED) is 0.240. The molecular formula is C26H26N4O6. The molecule has 0 saturated heterocycles. The Morgan fingerprint density at radius 3 is 2.31 bits per heavy atom. The Morgan fingerprint density at radius 1 is 0.861 bits per heavy atom. The van der Waals surface area contributed by atoms with E-state index in [4.69, 9.17) is 14.2 Å². The van der Waals surface area contributed by atoms with Gasteiger partial charge < -0.3 is 24.8 Å². The number of rotatable bonds is 9. The normalized spacial score (nSPS) is 10.4. The Morgan fingerprint density at radius 2 is 1.61 bits per heavy atom. The number of benzene rings is 3.